The highest BCUT2D eigenvalue weighted by atomic mass is 35.5. The van der Waals surface area contributed by atoms with Gasteiger partial charge >= 0.3 is 5.97 Å². The Hall–Kier alpha value is -0.240. The zero-order valence-electron chi connectivity index (χ0n) is 8.13. The lowest BCUT2D eigenvalue weighted by molar-refractivity contribution is -0.148. The Labute approximate surface area is 81.1 Å². The SMILES string of the molecule is CCCC(CC)C(=O)OCC.Cl. The summed E-state index contributed by atoms with van der Waals surface area (Å²) in [4.78, 5) is 11.1. The minimum absolute atomic E-state index is 0. The van der Waals surface area contributed by atoms with Gasteiger partial charge in [0.15, 0.2) is 0 Å². The molecular weight excluding hydrogens is 176 g/mol. The number of hydrogen-bond donors (Lipinski definition) is 0. The molecule has 0 heterocycles. The molecule has 1 atom stereocenters. The van der Waals surface area contributed by atoms with Gasteiger partial charge in [-0.05, 0) is 19.8 Å². The molecule has 0 saturated carbocycles. The molecule has 0 aliphatic carbocycles. The van der Waals surface area contributed by atoms with Crippen LogP contribution >= 0.6 is 12.4 Å². The Morgan fingerprint density at radius 1 is 1.33 bits per heavy atom. The first-order valence-corrected chi connectivity index (χ1v) is 4.42. The first-order chi connectivity index (χ1) is 5.26. The van der Waals surface area contributed by atoms with Crippen molar-refractivity contribution < 1.29 is 9.53 Å². The molecule has 3 heteroatoms. The van der Waals surface area contributed by atoms with Crippen molar-refractivity contribution in [3.8, 4) is 0 Å². The Kier molecular flexibility index (Phi) is 10.5. The summed E-state index contributed by atoms with van der Waals surface area (Å²) in [6.07, 6.45) is 2.90. The molecule has 0 radical (unpaired) electrons. The zero-order valence-corrected chi connectivity index (χ0v) is 8.95. The smallest absolute Gasteiger partial charge is 0.308 e. The van der Waals surface area contributed by atoms with Gasteiger partial charge < -0.3 is 4.74 Å². The van der Waals surface area contributed by atoms with Gasteiger partial charge in [-0.15, -0.1) is 12.4 Å². The average molecular weight is 195 g/mol. The fourth-order valence-corrected chi connectivity index (χ4v) is 1.10. The predicted octanol–water partition coefficient (Wildman–Crippen LogP) is 2.80. The maximum Gasteiger partial charge on any atom is 0.308 e. The van der Waals surface area contributed by atoms with Gasteiger partial charge in [0.1, 0.15) is 0 Å². The van der Waals surface area contributed by atoms with E-state index in [0.717, 1.165) is 19.3 Å². The molecule has 0 aliphatic rings. The molecule has 74 valence electrons. The van der Waals surface area contributed by atoms with Crippen LogP contribution in [-0.2, 0) is 9.53 Å². The highest BCUT2D eigenvalue weighted by molar-refractivity contribution is 5.85. The highest BCUT2D eigenvalue weighted by Crippen LogP contribution is 2.12. The van der Waals surface area contributed by atoms with E-state index < -0.39 is 0 Å². The molecule has 0 spiro atoms. The second-order valence-electron chi connectivity index (χ2n) is 2.65. The minimum atomic E-state index is -0.0307. The Balaban J connectivity index is 0. The second-order valence-corrected chi connectivity index (χ2v) is 2.65. The Morgan fingerprint density at radius 2 is 1.92 bits per heavy atom. The van der Waals surface area contributed by atoms with Crippen LogP contribution in [0.5, 0.6) is 0 Å². The third kappa shape index (κ3) is 5.42. The number of rotatable bonds is 5. The molecule has 0 saturated heterocycles. The lowest BCUT2D eigenvalue weighted by atomic mass is 10.0. The molecule has 0 aromatic rings. The molecule has 1 unspecified atom stereocenters. The van der Waals surface area contributed by atoms with E-state index in [0.29, 0.717) is 6.61 Å². The number of carbonyl (C=O) groups is 1. The summed E-state index contributed by atoms with van der Waals surface area (Å²) in [5.74, 6) is 0.0943. The molecule has 2 nitrogen and oxygen atoms in total. The topological polar surface area (TPSA) is 26.3 Å². The van der Waals surface area contributed by atoms with E-state index in [-0.39, 0.29) is 24.3 Å². The number of esters is 1. The molecule has 0 bridgehead atoms. The standard InChI is InChI=1S/C9H18O2.ClH/c1-4-7-8(5-2)9(10)11-6-3;/h8H,4-7H2,1-3H3;1H. The van der Waals surface area contributed by atoms with E-state index in [2.05, 4.69) is 6.92 Å². The summed E-state index contributed by atoms with van der Waals surface area (Å²) in [6.45, 7) is 6.45. The van der Waals surface area contributed by atoms with Crippen molar-refractivity contribution >= 4 is 18.4 Å². The fraction of sp³-hybridized carbons (Fsp3) is 0.889. The molecule has 0 fully saturated rings. The molecular formula is C9H19ClO2. The summed E-state index contributed by atoms with van der Waals surface area (Å²) in [7, 11) is 0. The average Bonchev–Trinajstić information content (AvgIpc) is 2.00. The predicted molar refractivity (Wildman–Crippen MR) is 52.6 cm³/mol. The highest BCUT2D eigenvalue weighted by Gasteiger charge is 2.15. The summed E-state index contributed by atoms with van der Waals surface area (Å²) in [5.41, 5.74) is 0. The number of halogens is 1. The lowest BCUT2D eigenvalue weighted by Gasteiger charge is -2.11. The van der Waals surface area contributed by atoms with Crippen LogP contribution in [0.15, 0.2) is 0 Å². The minimum Gasteiger partial charge on any atom is -0.466 e. The quantitative estimate of drug-likeness (QED) is 0.630. The van der Waals surface area contributed by atoms with Gasteiger partial charge in [-0.2, -0.15) is 0 Å². The largest absolute Gasteiger partial charge is 0.466 e. The first-order valence-electron chi connectivity index (χ1n) is 4.42. The molecule has 0 rings (SSSR count). The third-order valence-electron chi connectivity index (χ3n) is 1.75. The van der Waals surface area contributed by atoms with Gasteiger partial charge in [0.25, 0.3) is 0 Å². The lowest BCUT2D eigenvalue weighted by Crippen LogP contribution is -2.16. The van der Waals surface area contributed by atoms with Gasteiger partial charge in [-0.3, -0.25) is 4.79 Å². The summed E-state index contributed by atoms with van der Waals surface area (Å²) in [5, 5.41) is 0. The molecule has 0 aromatic heterocycles. The Morgan fingerprint density at radius 3 is 2.25 bits per heavy atom. The van der Waals surface area contributed by atoms with Crippen molar-refractivity contribution in [1.29, 1.82) is 0 Å². The van der Waals surface area contributed by atoms with Crippen molar-refractivity contribution in [2.24, 2.45) is 5.92 Å². The third-order valence-corrected chi connectivity index (χ3v) is 1.75. The van der Waals surface area contributed by atoms with Crippen LogP contribution in [0.25, 0.3) is 0 Å². The molecule has 0 aromatic carbocycles. The Bertz CT molecular complexity index is 115. The van der Waals surface area contributed by atoms with Crippen LogP contribution in [0.1, 0.15) is 40.0 Å². The second kappa shape index (κ2) is 8.85. The monoisotopic (exact) mass is 194 g/mol. The van der Waals surface area contributed by atoms with Crippen molar-refractivity contribution in [1.82, 2.24) is 0 Å². The number of hydrogen-bond acceptors (Lipinski definition) is 2. The molecule has 12 heavy (non-hydrogen) atoms. The van der Waals surface area contributed by atoms with E-state index in [1.807, 2.05) is 13.8 Å². The molecule has 0 aliphatic heterocycles. The maximum absolute atomic E-state index is 11.1. The van der Waals surface area contributed by atoms with Crippen LogP contribution < -0.4 is 0 Å². The van der Waals surface area contributed by atoms with E-state index in [9.17, 15) is 4.79 Å². The van der Waals surface area contributed by atoms with Crippen LogP contribution in [0.4, 0.5) is 0 Å². The van der Waals surface area contributed by atoms with Crippen LogP contribution in [0.2, 0.25) is 0 Å². The van der Waals surface area contributed by atoms with Crippen molar-refractivity contribution in [2.45, 2.75) is 40.0 Å². The summed E-state index contributed by atoms with van der Waals surface area (Å²) >= 11 is 0. The van der Waals surface area contributed by atoms with Gasteiger partial charge in [-0.1, -0.05) is 20.3 Å². The van der Waals surface area contributed by atoms with Gasteiger partial charge in [0.05, 0.1) is 12.5 Å². The van der Waals surface area contributed by atoms with E-state index >= 15 is 0 Å². The normalized spacial score (nSPS) is 11.6. The number of carbonyl (C=O) groups excluding carboxylic acids is 1. The van der Waals surface area contributed by atoms with Crippen molar-refractivity contribution in [2.75, 3.05) is 6.61 Å². The van der Waals surface area contributed by atoms with Crippen LogP contribution in [0.3, 0.4) is 0 Å². The van der Waals surface area contributed by atoms with E-state index in [1.54, 1.807) is 0 Å². The maximum atomic E-state index is 11.1. The van der Waals surface area contributed by atoms with Gasteiger partial charge in [0, 0.05) is 0 Å². The number of ether oxygens (including phenoxy) is 1. The zero-order chi connectivity index (χ0) is 8.69. The molecule has 0 amide bonds. The van der Waals surface area contributed by atoms with Gasteiger partial charge in [0.2, 0.25) is 0 Å². The first kappa shape index (κ1) is 14.3. The van der Waals surface area contributed by atoms with Gasteiger partial charge in [-0.25, -0.2) is 0 Å². The van der Waals surface area contributed by atoms with E-state index in [1.165, 1.54) is 0 Å². The fourth-order valence-electron chi connectivity index (χ4n) is 1.10. The van der Waals surface area contributed by atoms with Crippen molar-refractivity contribution in [3.05, 3.63) is 0 Å². The summed E-state index contributed by atoms with van der Waals surface area (Å²) < 4.78 is 4.91. The van der Waals surface area contributed by atoms with Crippen molar-refractivity contribution in [3.63, 3.8) is 0 Å². The molecule has 0 N–H and O–H groups in total. The van der Waals surface area contributed by atoms with Crippen LogP contribution in [0, 0.1) is 5.92 Å². The van der Waals surface area contributed by atoms with Crippen LogP contribution in [-0.4, -0.2) is 12.6 Å². The van der Waals surface area contributed by atoms with E-state index in [4.69, 9.17) is 4.74 Å². The summed E-state index contributed by atoms with van der Waals surface area (Å²) in [6, 6.07) is 0.